The van der Waals surface area contributed by atoms with Crippen molar-refractivity contribution < 1.29 is 13.2 Å². The van der Waals surface area contributed by atoms with Crippen LogP contribution in [-0.2, 0) is 14.6 Å². The first kappa shape index (κ1) is 22.0. The summed E-state index contributed by atoms with van der Waals surface area (Å²) in [6, 6.07) is 17.0. The monoisotopic (exact) mass is 473 g/mol. The summed E-state index contributed by atoms with van der Waals surface area (Å²) in [5.41, 5.74) is 2.65. The molecule has 1 aliphatic heterocycles. The van der Waals surface area contributed by atoms with Gasteiger partial charge in [0.15, 0.2) is 15.0 Å². The predicted octanol–water partition coefficient (Wildman–Crippen LogP) is 3.94. The molecule has 2 heterocycles. The van der Waals surface area contributed by atoms with Crippen molar-refractivity contribution in [3.8, 4) is 11.3 Å². The highest BCUT2D eigenvalue weighted by atomic mass is 32.2. The normalized spacial score (nSPS) is 17.2. The molecule has 1 N–H and O–H groups in total. The molecule has 1 atom stereocenters. The van der Waals surface area contributed by atoms with Crippen LogP contribution in [-0.4, -0.2) is 55.1 Å². The number of amides is 1. The number of nitrogens with one attached hydrogen (secondary N) is 1. The number of aromatic nitrogens is 1. The molecule has 0 bridgehead atoms. The van der Waals surface area contributed by atoms with E-state index in [1.165, 1.54) is 16.2 Å². The maximum Gasteiger partial charge on any atom is 0.248 e. The smallest absolute Gasteiger partial charge is 0.248 e. The van der Waals surface area contributed by atoms with Crippen LogP contribution in [0.25, 0.3) is 11.3 Å². The molecule has 0 saturated carbocycles. The Hall–Kier alpha value is -2.20. The summed E-state index contributed by atoms with van der Waals surface area (Å²) in [7, 11) is -3.03. The third-order valence-electron chi connectivity index (χ3n) is 5.23. The standard InChI is InChI=1S/C22H23N3O3S3/c1-29-18-9-7-16(8-10-18)19-15-30-22(23-19)24-21(26)20(17-5-3-2-4-6-17)25-11-13-31(27,28)14-12-25/h2-10,15,20H,11-14H2,1H3,(H,23,24,26). The molecule has 1 amide bonds. The van der Waals surface area contributed by atoms with Crippen LogP contribution in [0.4, 0.5) is 5.13 Å². The van der Waals surface area contributed by atoms with E-state index < -0.39 is 15.9 Å². The first-order chi connectivity index (χ1) is 14.9. The summed E-state index contributed by atoms with van der Waals surface area (Å²) >= 11 is 3.06. The average Bonchev–Trinajstić information content (AvgIpc) is 3.24. The lowest BCUT2D eigenvalue weighted by Gasteiger charge is -2.33. The highest BCUT2D eigenvalue weighted by molar-refractivity contribution is 7.98. The fourth-order valence-corrected chi connectivity index (χ4v) is 5.91. The molecule has 0 radical (unpaired) electrons. The van der Waals surface area contributed by atoms with E-state index in [9.17, 15) is 13.2 Å². The predicted molar refractivity (Wildman–Crippen MR) is 127 cm³/mol. The second-order valence-corrected chi connectivity index (χ2v) is 11.3. The molecular weight excluding hydrogens is 450 g/mol. The number of hydrogen-bond acceptors (Lipinski definition) is 7. The molecule has 9 heteroatoms. The molecule has 0 spiro atoms. The van der Waals surface area contributed by atoms with Gasteiger partial charge in [0.1, 0.15) is 6.04 Å². The molecular formula is C22H23N3O3S3. The Morgan fingerprint density at radius 1 is 1.10 bits per heavy atom. The topological polar surface area (TPSA) is 79.4 Å². The van der Waals surface area contributed by atoms with Crippen LogP contribution in [0.3, 0.4) is 0 Å². The minimum atomic E-state index is -3.03. The lowest BCUT2D eigenvalue weighted by molar-refractivity contribution is -0.121. The van der Waals surface area contributed by atoms with E-state index in [1.54, 1.807) is 11.8 Å². The van der Waals surface area contributed by atoms with Gasteiger partial charge in [0, 0.05) is 28.9 Å². The van der Waals surface area contributed by atoms with Gasteiger partial charge in [0.05, 0.1) is 17.2 Å². The van der Waals surface area contributed by atoms with Crippen molar-refractivity contribution in [1.82, 2.24) is 9.88 Å². The molecule has 1 unspecified atom stereocenters. The zero-order valence-electron chi connectivity index (χ0n) is 17.0. The van der Waals surface area contributed by atoms with E-state index in [0.29, 0.717) is 18.2 Å². The fraction of sp³-hybridized carbons (Fsp3) is 0.273. The van der Waals surface area contributed by atoms with E-state index in [2.05, 4.69) is 10.3 Å². The van der Waals surface area contributed by atoms with Gasteiger partial charge in [-0.15, -0.1) is 23.1 Å². The quantitative estimate of drug-likeness (QED) is 0.546. The summed E-state index contributed by atoms with van der Waals surface area (Å²) in [5, 5.41) is 5.40. The van der Waals surface area contributed by atoms with Gasteiger partial charge >= 0.3 is 0 Å². The van der Waals surface area contributed by atoms with Crippen molar-refractivity contribution in [2.24, 2.45) is 0 Å². The first-order valence-electron chi connectivity index (χ1n) is 9.85. The molecule has 4 rings (SSSR count). The average molecular weight is 474 g/mol. The summed E-state index contributed by atoms with van der Waals surface area (Å²) in [6.07, 6.45) is 2.03. The summed E-state index contributed by atoms with van der Waals surface area (Å²) in [4.78, 5) is 21.0. The Morgan fingerprint density at radius 2 is 1.77 bits per heavy atom. The highest BCUT2D eigenvalue weighted by Crippen LogP contribution is 2.29. The van der Waals surface area contributed by atoms with E-state index in [-0.39, 0.29) is 17.4 Å². The number of nitrogens with zero attached hydrogens (tertiary/aromatic N) is 2. The summed E-state index contributed by atoms with van der Waals surface area (Å²) in [5.74, 6) is -0.0715. The Labute approximate surface area is 190 Å². The molecule has 0 aliphatic carbocycles. The third-order valence-corrected chi connectivity index (χ3v) is 8.34. The van der Waals surface area contributed by atoms with E-state index >= 15 is 0 Å². The van der Waals surface area contributed by atoms with Crippen molar-refractivity contribution in [2.45, 2.75) is 10.9 Å². The number of anilines is 1. The van der Waals surface area contributed by atoms with Gasteiger partial charge in [-0.05, 0) is 24.0 Å². The Morgan fingerprint density at radius 3 is 2.42 bits per heavy atom. The van der Waals surface area contributed by atoms with Crippen molar-refractivity contribution in [3.63, 3.8) is 0 Å². The maximum absolute atomic E-state index is 13.3. The van der Waals surface area contributed by atoms with Crippen LogP contribution in [0.1, 0.15) is 11.6 Å². The van der Waals surface area contributed by atoms with Crippen molar-refractivity contribution in [1.29, 1.82) is 0 Å². The molecule has 162 valence electrons. The minimum Gasteiger partial charge on any atom is -0.300 e. The molecule has 31 heavy (non-hydrogen) atoms. The number of rotatable bonds is 6. The van der Waals surface area contributed by atoms with Crippen LogP contribution in [0.15, 0.2) is 64.9 Å². The largest absolute Gasteiger partial charge is 0.300 e. The number of carbonyl (C=O) groups excluding carboxylic acids is 1. The maximum atomic E-state index is 13.3. The van der Waals surface area contributed by atoms with Gasteiger partial charge in [0.2, 0.25) is 5.91 Å². The van der Waals surface area contributed by atoms with Gasteiger partial charge in [-0.1, -0.05) is 42.5 Å². The van der Waals surface area contributed by atoms with E-state index in [4.69, 9.17) is 0 Å². The van der Waals surface area contributed by atoms with Gasteiger partial charge in [-0.2, -0.15) is 0 Å². The van der Waals surface area contributed by atoms with E-state index in [1.807, 2.05) is 71.1 Å². The van der Waals surface area contributed by atoms with Crippen LogP contribution in [0.2, 0.25) is 0 Å². The molecule has 1 fully saturated rings. The highest BCUT2D eigenvalue weighted by Gasteiger charge is 2.32. The Balaban J connectivity index is 1.53. The van der Waals surface area contributed by atoms with Crippen molar-refractivity contribution >= 4 is 44.0 Å². The fourth-order valence-electron chi connectivity index (χ4n) is 3.55. The molecule has 1 aliphatic rings. The molecule has 3 aromatic rings. The second kappa shape index (κ2) is 9.52. The van der Waals surface area contributed by atoms with Gasteiger partial charge < -0.3 is 5.32 Å². The third kappa shape index (κ3) is 5.35. The number of carbonyl (C=O) groups is 1. The van der Waals surface area contributed by atoms with Crippen LogP contribution < -0.4 is 5.32 Å². The van der Waals surface area contributed by atoms with Crippen molar-refractivity contribution in [2.75, 3.05) is 36.2 Å². The zero-order chi connectivity index (χ0) is 21.8. The van der Waals surface area contributed by atoms with E-state index in [0.717, 1.165) is 16.8 Å². The molecule has 1 saturated heterocycles. The number of hydrogen-bond donors (Lipinski definition) is 1. The van der Waals surface area contributed by atoms with Crippen LogP contribution in [0.5, 0.6) is 0 Å². The Kier molecular flexibility index (Phi) is 6.76. The lowest BCUT2D eigenvalue weighted by Crippen LogP contribution is -2.46. The Bertz CT molecular complexity index is 1130. The number of thiazole rings is 1. The summed E-state index contributed by atoms with van der Waals surface area (Å²) in [6.45, 7) is 0.667. The second-order valence-electron chi connectivity index (χ2n) is 7.26. The van der Waals surface area contributed by atoms with Gasteiger partial charge in [-0.25, -0.2) is 13.4 Å². The number of sulfone groups is 1. The summed E-state index contributed by atoms with van der Waals surface area (Å²) < 4.78 is 23.7. The number of benzene rings is 2. The molecule has 6 nitrogen and oxygen atoms in total. The molecule has 1 aromatic heterocycles. The SMILES string of the molecule is CSc1ccc(-c2csc(NC(=O)C(c3ccccc3)N3CCS(=O)(=O)CC3)n2)cc1. The van der Waals surface area contributed by atoms with Crippen LogP contribution >= 0.6 is 23.1 Å². The first-order valence-corrected chi connectivity index (χ1v) is 13.8. The van der Waals surface area contributed by atoms with Gasteiger partial charge in [0.25, 0.3) is 0 Å². The van der Waals surface area contributed by atoms with Gasteiger partial charge in [-0.3, -0.25) is 9.69 Å². The number of thioether (sulfide) groups is 1. The molecule has 2 aromatic carbocycles. The minimum absolute atomic E-state index is 0.0665. The lowest BCUT2D eigenvalue weighted by atomic mass is 10.0. The van der Waals surface area contributed by atoms with Crippen molar-refractivity contribution in [3.05, 3.63) is 65.5 Å². The zero-order valence-corrected chi connectivity index (χ0v) is 19.5. The van der Waals surface area contributed by atoms with Crippen LogP contribution in [0, 0.1) is 0 Å².